The number of amides is 1. The minimum absolute atomic E-state index is 0.124. The van der Waals surface area contributed by atoms with Crippen LogP contribution in [-0.4, -0.2) is 16.2 Å². The second kappa shape index (κ2) is 4.32. The van der Waals surface area contributed by atoms with Crippen LogP contribution in [0.15, 0.2) is 29.0 Å². The molecule has 0 aliphatic heterocycles. The van der Waals surface area contributed by atoms with Gasteiger partial charge in [0.05, 0.1) is 0 Å². The van der Waals surface area contributed by atoms with E-state index in [4.69, 9.17) is 11.6 Å². The summed E-state index contributed by atoms with van der Waals surface area (Å²) in [5.74, 6) is -0.383. The molecule has 0 radical (unpaired) electrons. The van der Waals surface area contributed by atoms with Gasteiger partial charge in [-0.2, -0.15) is 0 Å². The van der Waals surface area contributed by atoms with Crippen LogP contribution in [0, 0.1) is 6.92 Å². The van der Waals surface area contributed by atoms with Crippen LogP contribution in [0.4, 0.5) is 5.69 Å². The predicted octanol–water partition coefficient (Wildman–Crippen LogP) is 2.28. The Hall–Kier alpha value is -1.88. The topological polar surface area (TPSA) is 68.0 Å². The molecule has 6 heteroatoms. The minimum Gasteiger partial charge on any atom is -0.320 e. The predicted molar refractivity (Wildman–Crippen MR) is 58.4 cm³/mol. The van der Waals surface area contributed by atoms with Crippen LogP contribution in [0.2, 0.25) is 5.02 Å². The molecule has 2 rings (SSSR count). The van der Waals surface area contributed by atoms with Crippen molar-refractivity contribution in [2.45, 2.75) is 6.92 Å². The molecule has 2 aromatic rings. The Morgan fingerprint density at radius 3 is 3.00 bits per heavy atom. The number of aryl methyl sites for hydroxylation is 1. The molecule has 0 unspecified atom stereocenters. The molecular formula is C10H8ClN3O2. The Morgan fingerprint density at radius 2 is 2.31 bits per heavy atom. The van der Waals surface area contributed by atoms with Gasteiger partial charge in [-0.25, -0.2) is 4.63 Å². The van der Waals surface area contributed by atoms with Crippen molar-refractivity contribution in [2.75, 3.05) is 5.32 Å². The fourth-order valence-electron chi connectivity index (χ4n) is 1.18. The van der Waals surface area contributed by atoms with Crippen LogP contribution >= 0.6 is 11.6 Å². The molecule has 0 aliphatic rings. The number of halogens is 1. The molecule has 82 valence electrons. The van der Waals surface area contributed by atoms with E-state index in [0.29, 0.717) is 10.7 Å². The number of benzene rings is 1. The van der Waals surface area contributed by atoms with E-state index in [1.807, 2.05) is 13.0 Å². The van der Waals surface area contributed by atoms with Gasteiger partial charge in [0.2, 0.25) is 0 Å². The van der Waals surface area contributed by atoms with E-state index in [1.54, 1.807) is 12.1 Å². The SMILES string of the molecule is Cc1ccc(Cl)cc1NC(=O)c1cnon1. The highest BCUT2D eigenvalue weighted by molar-refractivity contribution is 6.31. The van der Waals surface area contributed by atoms with Crippen molar-refractivity contribution in [3.8, 4) is 0 Å². The van der Waals surface area contributed by atoms with E-state index < -0.39 is 0 Å². The summed E-state index contributed by atoms with van der Waals surface area (Å²) in [5.41, 5.74) is 1.68. The van der Waals surface area contributed by atoms with E-state index >= 15 is 0 Å². The van der Waals surface area contributed by atoms with Gasteiger partial charge in [-0.1, -0.05) is 22.8 Å². The normalized spacial score (nSPS) is 10.1. The monoisotopic (exact) mass is 237 g/mol. The van der Waals surface area contributed by atoms with Crippen molar-refractivity contribution in [1.82, 2.24) is 10.3 Å². The number of carbonyl (C=O) groups excluding carboxylic acids is 1. The summed E-state index contributed by atoms with van der Waals surface area (Å²) < 4.78 is 4.34. The first-order valence-corrected chi connectivity index (χ1v) is 4.89. The van der Waals surface area contributed by atoms with Crippen molar-refractivity contribution in [3.63, 3.8) is 0 Å². The molecule has 0 saturated carbocycles. The quantitative estimate of drug-likeness (QED) is 0.870. The Kier molecular flexibility index (Phi) is 2.87. The highest BCUT2D eigenvalue weighted by atomic mass is 35.5. The fourth-order valence-corrected chi connectivity index (χ4v) is 1.35. The lowest BCUT2D eigenvalue weighted by Crippen LogP contribution is -2.13. The molecule has 0 saturated heterocycles. The van der Waals surface area contributed by atoms with Crippen LogP contribution in [0.25, 0.3) is 0 Å². The number of nitrogens with zero attached hydrogens (tertiary/aromatic N) is 2. The number of rotatable bonds is 2. The lowest BCUT2D eigenvalue weighted by molar-refractivity contribution is 0.101. The summed E-state index contributed by atoms with van der Waals surface area (Å²) in [6.07, 6.45) is 1.25. The van der Waals surface area contributed by atoms with Gasteiger partial charge in [0.1, 0.15) is 6.20 Å². The van der Waals surface area contributed by atoms with Crippen LogP contribution in [-0.2, 0) is 0 Å². The van der Waals surface area contributed by atoms with Crippen molar-refractivity contribution in [3.05, 3.63) is 40.7 Å². The third-order valence-corrected chi connectivity index (χ3v) is 2.28. The van der Waals surface area contributed by atoms with Gasteiger partial charge in [-0.05, 0) is 29.8 Å². The fraction of sp³-hybridized carbons (Fsp3) is 0.100. The van der Waals surface area contributed by atoms with Crippen molar-refractivity contribution in [1.29, 1.82) is 0 Å². The van der Waals surface area contributed by atoms with Crippen LogP contribution in [0.3, 0.4) is 0 Å². The average molecular weight is 238 g/mol. The summed E-state index contributed by atoms with van der Waals surface area (Å²) >= 11 is 5.83. The molecule has 5 nitrogen and oxygen atoms in total. The Balaban J connectivity index is 2.21. The second-order valence-corrected chi connectivity index (χ2v) is 3.64. The molecule has 0 spiro atoms. The lowest BCUT2D eigenvalue weighted by atomic mass is 10.2. The molecule has 0 bridgehead atoms. The van der Waals surface area contributed by atoms with E-state index in [2.05, 4.69) is 20.3 Å². The third kappa shape index (κ3) is 2.20. The van der Waals surface area contributed by atoms with E-state index in [9.17, 15) is 4.79 Å². The van der Waals surface area contributed by atoms with Gasteiger partial charge < -0.3 is 5.32 Å². The van der Waals surface area contributed by atoms with Gasteiger partial charge >= 0.3 is 0 Å². The number of anilines is 1. The van der Waals surface area contributed by atoms with Crippen molar-refractivity contribution >= 4 is 23.2 Å². The summed E-state index contributed by atoms with van der Waals surface area (Å²) in [4.78, 5) is 11.6. The average Bonchev–Trinajstić information content (AvgIpc) is 2.76. The first-order valence-electron chi connectivity index (χ1n) is 4.52. The number of carbonyl (C=O) groups is 1. The Labute approximate surface area is 96.4 Å². The second-order valence-electron chi connectivity index (χ2n) is 3.21. The molecule has 1 aromatic carbocycles. The largest absolute Gasteiger partial charge is 0.320 e. The van der Waals surface area contributed by atoms with Crippen molar-refractivity contribution < 1.29 is 9.42 Å². The van der Waals surface area contributed by atoms with Gasteiger partial charge in [0.25, 0.3) is 5.91 Å². The van der Waals surface area contributed by atoms with Crippen LogP contribution in [0.5, 0.6) is 0 Å². The number of nitrogens with one attached hydrogen (secondary N) is 1. The van der Waals surface area contributed by atoms with E-state index in [-0.39, 0.29) is 11.6 Å². The maximum absolute atomic E-state index is 11.6. The molecule has 1 heterocycles. The molecule has 0 fully saturated rings. The summed E-state index contributed by atoms with van der Waals surface area (Å²) in [7, 11) is 0. The summed E-state index contributed by atoms with van der Waals surface area (Å²) in [6, 6.07) is 5.24. The zero-order valence-electron chi connectivity index (χ0n) is 8.40. The smallest absolute Gasteiger partial charge is 0.279 e. The molecule has 1 N–H and O–H groups in total. The molecular weight excluding hydrogens is 230 g/mol. The molecule has 1 amide bonds. The van der Waals surface area contributed by atoms with E-state index in [0.717, 1.165) is 5.56 Å². The van der Waals surface area contributed by atoms with Gasteiger partial charge in [-0.15, -0.1) is 0 Å². The maximum Gasteiger partial charge on any atom is 0.279 e. The minimum atomic E-state index is -0.383. The molecule has 1 aromatic heterocycles. The Morgan fingerprint density at radius 1 is 1.50 bits per heavy atom. The molecule has 16 heavy (non-hydrogen) atoms. The number of hydrogen-bond donors (Lipinski definition) is 1. The summed E-state index contributed by atoms with van der Waals surface area (Å²) in [5, 5.41) is 10.0. The zero-order valence-corrected chi connectivity index (χ0v) is 9.15. The highest BCUT2D eigenvalue weighted by Gasteiger charge is 2.11. The van der Waals surface area contributed by atoms with Gasteiger partial charge in [0, 0.05) is 10.7 Å². The number of aromatic nitrogens is 2. The first-order chi connectivity index (χ1) is 7.66. The third-order valence-electron chi connectivity index (χ3n) is 2.04. The lowest BCUT2D eigenvalue weighted by Gasteiger charge is -2.06. The van der Waals surface area contributed by atoms with Crippen LogP contribution < -0.4 is 5.32 Å². The first kappa shape index (κ1) is 10.6. The standard InChI is InChI=1S/C10H8ClN3O2/c1-6-2-3-7(11)4-8(6)13-10(15)9-5-12-16-14-9/h2-5H,1H3,(H,13,15). The molecule has 0 aliphatic carbocycles. The van der Waals surface area contributed by atoms with Crippen LogP contribution in [0.1, 0.15) is 16.1 Å². The highest BCUT2D eigenvalue weighted by Crippen LogP contribution is 2.20. The maximum atomic E-state index is 11.6. The Bertz CT molecular complexity index is 511. The van der Waals surface area contributed by atoms with Gasteiger partial charge in [0.15, 0.2) is 5.69 Å². The summed E-state index contributed by atoms with van der Waals surface area (Å²) in [6.45, 7) is 1.87. The molecule has 0 atom stereocenters. The van der Waals surface area contributed by atoms with Gasteiger partial charge in [-0.3, -0.25) is 4.79 Å². The zero-order chi connectivity index (χ0) is 11.5. The van der Waals surface area contributed by atoms with Crippen molar-refractivity contribution in [2.24, 2.45) is 0 Å². The number of hydrogen-bond acceptors (Lipinski definition) is 4. The van der Waals surface area contributed by atoms with E-state index in [1.165, 1.54) is 6.20 Å².